The third kappa shape index (κ3) is 2.92. The predicted octanol–water partition coefficient (Wildman–Crippen LogP) is 2.10. The Hall–Kier alpha value is -1.75. The van der Waals surface area contributed by atoms with Gasteiger partial charge >= 0.3 is 0 Å². The highest BCUT2D eigenvalue weighted by Gasteiger charge is 2.09. The normalized spacial score (nSPS) is 12.9. The quantitative estimate of drug-likeness (QED) is 0.876. The summed E-state index contributed by atoms with van der Waals surface area (Å²) in [5.74, 6) is 0.964. The van der Waals surface area contributed by atoms with Crippen LogP contribution in [0.15, 0.2) is 30.9 Å². The standard InChI is InChI=1S/C13H19N5/c1-10(2)18-13(16-9-17-18)8-15-11(3)12-4-6-14-7-5-12/h4-7,9-11,15H,8H2,1-3H3/t11-/m0/s1. The predicted molar refractivity (Wildman–Crippen MR) is 69.9 cm³/mol. The van der Waals surface area contributed by atoms with E-state index in [1.165, 1.54) is 5.56 Å². The van der Waals surface area contributed by atoms with Crippen molar-refractivity contribution >= 4 is 0 Å². The van der Waals surface area contributed by atoms with Crippen LogP contribution in [0.5, 0.6) is 0 Å². The molecular weight excluding hydrogens is 226 g/mol. The highest BCUT2D eigenvalue weighted by atomic mass is 15.4. The van der Waals surface area contributed by atoms with Crippen molar-refractivity contribution in [1.29, 1.82) is 0 Å². The zero-order valence-corrected chi connectivity index (χ0v) is 11.0. The van der Waals surface area contributed by atoms with Gasteiger partial charge in [0, 0.05) is 24.5 Å². The molecule has 0 fully saturated rings. The summed E-state index contributed by atoms with van der Waals surface area (Å²) in [5, 5.41) is 7.67. The van der Waals surface area contributed by atoms with Gasteiger partial charge in [-0.1, -0.05) is 0 Å². The van der Waals surface area contributed by atoms with E-state index < -0.39 is 0 Å². The highest BCUT2D eigenvalue weighted by molar-refractivity contribution is 5.13. The molecule has 0 saturated carbocycles. The maximum absolute atomic E-state index is 4.28. The fourth-order valence-corrected chi connectivity index (χ4v) is 1.85. The number of nitrogens with zero attached hydrogens (tertiary/aromatic N) is 4. The van der Waals surface area contributed by atoms with Crippen LogP contribution in [0, 0.1) is 0 Å². The molecule has 2 aromatic heterocycles. The molecule has 0 bridgehead atoms. The molecule has 0 radical (unpaired) electrons. The first kappa shape index (κ1) is 12.7. The maximum Gasteiger partial charge on any atom is 0.141 e. The molecule has 0 aliphatic rings. The van der Waals surface area contributed by atoms with E-state index in [0.717, 1.165) is 5.82 Å². The molecule has 5 nitrogen and oxygen atoms in total. The maximum atomic E-state index is 4.28. The van der Waals surface area contributed by atoms with Crippen molar-refractivity contribution in [2.45, 2.75) is 39.4 Å². The molecule has 0 aliphatic carbocycles. The highest BCUT2D eigenvalue weighted by Crippen LogP contribution is 2.11. The van der Waals surface area contributed by atoms with Gasteiger partial charge in [0.25, 0.3) is 0 Å². The van der Waals surface area contributed by atoms with Gasteiger partial charge in [0.1, 0.15) is 12.2 Å². The molecule has 0 spiro atoms. The van der Waals surface area contributed by atoms with Crippen molar-refractivity contribution in [3.05, 3.63) is 42.2 Å². The van der Waals surface area contributed by atoms with Crippen LogP contribution in [0.3, 0.4) is 0 Å². The van der Waals surface area contributed by atoms with Gasteiger partial charge in [-0.05, 0) is 38.5 Å². The summed E-state index contributed by atoms with van der Waals surface area (Å²) < 4.78 is 1.94. The van der Waals surface area contributed by atoms with Crippen LogP contribution in [0.1, 0.15) is 44.2 Å². The second kappa shape index (κ2) is 5.73. The minimum absolute atomic E-state index is 0.269. The molecule has 1 N–H and O–H groups in total. The summed E-state index contributed by atoms with van der Waals surface area (Å²) in [6.07, 6.45) is 5.22. The van der Waals surface area contributed by atoms with Crippen LogP contribution < -0.4 is 5.32 Å². The van der Waals surface area contributed by atoms with Gasteiger partial charge in [0.15, 0.2) is 0 Å². The molecule has 2 rings (SSSR count). The lowest BCUT2D eigenvalue weighted by Gasteiger charge is -2.15. The first-order chi connectivity index (χ1) is 8.68. The van der Waals surface area contributed by atoms with Crippen molar-refractivity contribution in [2.24, 2.45) is 0 Å². The second-order valence-electron chi connectivity index (χ2n) is 4.60. The summed E-state index contributed by atoms with van der Waals surface area (Å²) in [7, 11) is 0. The van der Waals surface area contributed by atoms with Crippen LogP contribution in [-0.2, 0) is 6.54 Å². The molecular formula is C13H19N5. The van der Waals surface area contributed by atoms with Crippen LogP contribution in [0.25, 0.3) is 0 Å². The van der Waals surface area contributed by atoms with Gasteiger partial charge in [-0.2, -0.15) is 5.10 Å². The van der Waals surface area contributed by atoms with E-state index in [1.54, 1.807) is 6.33 Å². The number of nitrogens with one attached hydrogen (secondary N) is 1. The van der Waals surface area contributed by atoms with Crippen LogP contribution in [0.4, 0.5) is 0 Å². The van der Waals surface area contributed by atoms with E-state index in [4.69, 9.17) is 0 Å². The zero-order valence-electron chi connectivity index (χ0n) is 11.0. The van der Waals surface area contributed by atoms with Gasteiger partial charge in [-0.3, -0.25) is 4.98 Å². The Morgan fingerprint density at radius 1 is 1.22 bits per heavy atom. The minimum Gasteiger partial charge on any atom is -0.303 e. The summed E-state index contributed by atoms with van der Waals surface area (Å²) in [5.41, 5.74) is 1.22. The average molecular weight is 245 g/mol. The Morgan fingerprint density at radius 2 is 1.94 bits per heavy atom. The molecule has 18 heavy (non-hydrogen) atoms. The van der Waals surface area contributed by atoms with Gasteiger partial charge in [0.05, 0.1) is 6.54 Å². The van der Waals surface area contributed by atoms with E-state index in [0.29, 0.717) is 12.6 Å². The van der Waals surface area contributed by atoms with Crippen molar-refractivity contribution in [3.63, 3.8) is 0 Å². The van der Waals surface area contributed by atoms with E-state index in [1.807, 2.05) is 29.2 Å². The largest absolute Gasteiger partial charge is 0.303 e. The summed E-state index contributed by atoms with van der Waals surface area (Å²) >= 11 is 0. The Kier molecular flexibility index (Phi) is 4.04. The van der Waals surface area contributed by atoms with Crippen LogP contribution in [0.2, 0.25) is 0 Å². The second-order valence-corrected chi connectivity index (χ2v) is 4.60. The Morgan fingerprint density at radius 3 is 2.61 bits per heavy atom. The lowest BCUT2D eigenvalue weighted by molar-refractivity contribution is 0.473. The lowest BCUT2D eigenvalue weighted by Crippen LogP contribution is -2.21. The van der Waals surface area contributed by atoms with Crippen LogP contribution in [-0.4, -0.2) is 19.7 Å². The molecule has 96 valence electrons. The molecule has 0 unspecified atom stereocenters. The first-order valence-electron chi connectivity index (χ1n) is 6.20. The summed E-state index contributed by atoms with van der Waals surface area (Å²) in [4.78, 5) is 8.30. The number of hydrogen-bond donors (Lipinski definition) is 1. The zero-order chi connectivity index (χ0) is 13.0. The molecule has 1 atom stereocenters. The fraction of sp³-hybridized carbons (Fsp3) is 0.462. The first-order valence-corrected chi connectivity index (χ1v) is 6.20. The van der Waals surface area contributed by atoms with E-state index in [2.05, 4.69) is 41.2 Å². The Labute approximate surface area is 107 Å². The lowest BCUT2D eigenvalue weighted by atomic mass is 10.1. The van der Waals surface area contributed by atoms with Crippen molar-refractivity contribution in [2.75, 3.05) is 0 Å². The molecule has 0 saturated heterocycles. The number of pyridine rings is 1. The Balaban J connectivity index is 1.97. The van der Waals surface area contributed by atoms with Gasteiger partial charge in [-0.25, -0.2) is 9.67 Å². The van der Waals surface area contributed by atoms with Gasteiger partial charge in [-0.15, -0.1) is 0 Å². The van der Waals surface area contributed by atoms with E-state index >= 15 is 0 Å². The monoisotopic (exact) mass is 245 g/mol. The van der Waals surface area contributed by atoms with Gasteiger partial charge in [0.2, 0.25) is 0 Å². The number of rotatable bonds is 5. The molecule has 0 aliphatic heterocycles. The third-order valence-electron chi connectivity index (χ3n) is 2.91. The summed E-state index contributed by atoms with van der Waals surface area (Å²) in [6, 6.07) is 4.64. The van der Waals surface area contributed by atoms with E-state index in [9.17, 15) is 0 Å². The number of aromatic nitrogens is 4. The topological polar surface area (TPSA) is 55.6 Å². The average Bonchev–Trinajstić information content (AvgIpc) is 2.85. The summed E-state index contributed by atoms with van der Waals surface area (Å²) in [6.45, 7) is 7.04. The Bertz CT molecular complexity index is 477. The minimum atomic E-state index is 0.269. The number of hydrogen-bond acceptors (Lipinski definition) is 4. The molecule has 5 heteroatoms. The third-order valence-corrected chi connectivity index (χ3v) is 2.91. The van der Waals surface area contributed by atoms with Crippen molar-refractivity contribution in [1.82, 2.24) is 25.1 Å². The van der Waals surface area contributed by atoms with Crippen LogP contribution >= 0.6 is 0 Å². The SMILES string of the molecule is CC(C)n1ncnc1CN[C@@H](C)c1ccncc1. The smallest absolute Gasteiger partial charge is 0.141 e. The molecule has 0 aromatic carbocycles. The van der Waals surface area contributed by atoms with Crippen molar-refractivity contribution < 1.29 is 0 Å². The molecule has 0 amide bonds. The fourth-order valence-electron chi connectivity index (χ4n) is 1.85. The van der Waals surface area contributed by atoms with E-state index in [-0.39, 0.29) is 6.04 Å². The van der Waals surface area contributed by atoms with Crippen molar-refractivity contribution in [3.8, 4) is 0 Å². The molecule has 2 heterocycles. The van der Waals surface area contributed by atoms with Gasteiger partial charge < -0.3 is 5.32 Å². The molecule has 2 aromatic rings.